The number of H-pyrrole nitrogens is 1. The highest BCUT2D eigenvalue weighted by atomic mass is 16.5. The Kier molecular flexibility index (Phi) is 8.49. The van der Waals surface area contributed by atoms with Crippen LogP contribution in [0.15, 0.2) is 48.7 Å². The number of imidazole rings is 1. The number of aromatic amines is 1. The Morgan fingerprint density at radius 2 is 1.83 bits per heavy atom. The number of carbonyl (C=O) groups excluding carboxylic acids is 1. The molecule has 1 unspecified atom stereocenters. The molecule has 2 aromatic carbocycles. The first-order valence-electron chi connectivity index (χ1n) is 15.8. The molecular formula is C34H45N5O2. The van der Waals surface area contributed by atoms with Crippen molar-refractivity contribution in [1.29, 1.82) is 0 Å². The van der Waals surface area contributed by atoms with Crippen LogP contribution in [0.25, 0.3) is 21.9 Å². The number of fused-ring (bicyclic) bond motifs is 2. The molecule has 3 N–H and O–H groups in total. The van der Waals surface area contributed by atoms with Crippen LogP contribution in [0.5, 0.6) is 11.5 Å². The topological polar surface area (TPSA) is 89.2 Å². The standard InChI is InChI=1S/C34H45N5O2/c1-38(25-11-6-3-7-12-25)33(40)20-17-26(16-15-24-9-4-2-5-10-24)39-31-23-27(18-19-30(31)37-34(39)35)41-32-14-8-13-29-28(32)21-22-36-29/h8,13-14,18-19,21-26,36H,2-7,9-12,15-17,20H2,1H3,(H2,35,37). The maximum Gasteiger partial charge on any atom is 0.222 e. The number of nitrogen functional groups attached to an aromatic ring is 1. The van der Waals surface area contributed by atoms with Gasteiger partial charge in [-0.1, -0.05) is 57.4 Å². The second-order valence-corrected chi connectivity index (χ2v) is 12.4. The van der Waals surface area contributed by atoms with Crippen LogP contribution in [-0.2, 0) is 4.79 Å². The van der Waals surface area contributed by atoms with Crippen LogP contribution in [0.2, 0.25) is 0 Å². The molecule has 0 spiro atoms. The van der Waals surface area contributed by atoms with E-state index in [4.69, 9.17) is 15.5 Å². The zero-order valence-electron chi connectivity index (χ0n) is 24.5. The lowest BCUT2D eigenvalue weighted by Gasteiger charge is -2.32. The Morgan fingerprint density at radius 3 is 2.63 bits per heavy atom. The van der Waals surface area contributed by atoms with Crippen molar-refractivity contribution in [3.8, 4) is 11.5 Å². The second kappa shape index (κ2) is 12.6. The smallest absolute Gasteiger partial charge is 0.222 e. The van der Waals surface area contributed by atoms with Crippen molar-refractivity contribution in [3.05, 3.63) is 48.7 Å². The van der Waals surface area contributed by atoms with E-state index in [0.29, 0.717) is 18.4 Å². The maximum atomic E-state index is 13.4. The van der Waals surface area contributed by atoms with Gasteiger partial charge in [-0.2, -0.15) is 0 Å². The van der Waals surface area contributed by atoms with Gasteiger partial charge in [-0.25, -0.2) is 4.98 Å². The number of ether oxygens (including phenoxy) is 1. The van der Waals surface area contributed by atoms with Gasteiger partial charge in [-0.3, -0.25) is 4.79 Å². The first kappa shape index (κ1) is 27.7. The number of anilines is 1. The summed E-state index contributed by atoms with van der Waals surface area (Å²) in [7, 11) is 2.00. The molecule has 0 bridgehead atoms. The van der Waals surface area contributed by atoms with Gasteiger partial charge in [0.2, 0.25) is 11.9 Å². The fourth-order valence-electron chi connectivity index (χ4n) is 7.26. The minimum Gasteiger partial charge on any atom is -0.457 e. The highest BCUT2D eigenvalue weighted by Gasteiger charge is 2.26. The van der Waals surface area contributed by atoms with Gasteiger partial charge in [-0.15, -0.1) is 0 Å². The molecule has 0 radical (unpaired) electrons. The molecular weight excluding hydrogens is 510 g/mol. The molecule has 0 aliphatic heterocycles. The van der Waals surface area contributed by atoms with Crippen molar-refractivity contribution in [2.24, 2.45) is 5.92 Å². The molecule has 2 aliphatic carbocycles. The third-order valence-corrected chi connectivity index (χ3v) is 9.68. The van der Waals surface area contributed by atoms with Gasteiger partial charge in [0.15, 0.2) is 0 Å². The predicted octanol–water partition coefficient (Wildman–Crippen LogP) is 8.37. The van der Waals surface area contributed by atoms with Crippen LogP contribution in [0.1, 0.15) is 95.9 Å². The van der Waals surface area contributed by atoms with E-state index in [1.54, 1.807) is 0 Å². The van der Waals surface area contributed by atoms with Crippen LogP contribution < -0.4 is 10.5 Å². The molecule has 7 nitrogen and oxygen atoms in total. The monoisotopic (exact) mass is 555 g/mol. The van der Waals surface area contributed by atoms with Gasteiger partial charge in [-0.05, 0) is 68.4 Å². The summed E-state index contributed by atoms with van der Waals surface area (Å²) in [5.74, 6) is 3.11. The van der Waals surface area contributed by atoms with E-state index in [0.717, 1.165) is 65.0 Å². The van der Waals surface area contributed by atoms with Crippen molar-refractivity contribution in [3.63, 3.8) is 0 Å². The van der Waals surface area contributed by atoms with Crippen molar-refractivity contribution < 1.29 is 9.53 Å². The summed E-state index contributed by atoms with van der Waals surface area (Å²) >= 11 is 0. The number of aromatic nitrogens is 3. The number of hydrogen-bond donors (Lipinski definition) is 2. The molecule has 0 saturated heterocycles. The molecule has 2 aliphatic rings. The lowest BCUT2D eigenvalue weighted by atomic mass is 9.84. The number of amides is 1. The van der Waals surface area contributed by atoms with Crippen molar-refractivity contribution in [1.82, 2.24) is 19.4 Å². The van der Waals surface area contributed by atoms with Crippen molar-refractivity contribution >= 4 is 33.8 Å². The molecule has 1 amide bonds. The molecule has 1 atom stereocenters. The van der Waals surface area contributed by atoms with Crippen LogP contribution in [-0.4, -0.2) is 38.4 Å². The second-order valence-electron chi connectivity index (χ2n) is 12.4. The van der Waals surface area contributed by atoms with E-state index in [1.807, 2.05) is 54.5 Å². The minimum absolute atomic E-state index is 0.119. The highest BCUT2D eigenvalue weighted by molar-refractivity contribution is 5.86. The maximum absolute atomic E-state index is 13.4. The van der Waals surface area contributed by atoms with Gasteiger partial charge < -0.3 is 24.9 Å². The van der Waals surface area contributed by atoms with Gasteiger partial charge in [0, 0.05) is 48.7 Å². The largest absolute Gasteiger partial charge is 0.457 e. The quantitative estimate of drug-likeness (QED) is 0.206. The Morgan fingerprint density at radius 1 is 1.05 bits per heavy atom. The zero-order chi connectivity index (χ0) is 28.2. The first-order valence-corrected chi connectivity index (χ1v) is 15.8. The van der Waals surface area contributed by atoms with E-state index in [1.165, 1.54) is 57.8 Å². The normalized spacial score (nSPS) is 17.7. The Labute approximate surface area is 243 Å². The van der Waals surface area contributed by atoms with Crippen molar-refractivity contribution in [2.45, 2.75) is 102 Å². The first-order chi connectivity index (χ1) is 20.1. The van der Waals surface area contributed by atoms with E-state index in [-0.39, 0.29) is 11.9 Å². The van der Waals surface area contributed by atoms with Gasteiger partial charge >= 0.3 is 0 Å². The lowest BCUT2D eigenvalue weighted by molar-refractivity contribution is -0.132. The zero-order valence-corrected chi connectivity index (χ0v) is 24.5. The molecule has 6 rings (SSSR count). The number of nitrogens with zero attached hydrogens (tertiary/aromatic N) is 3. The Balaban J connectivity index is 1.25. The number of benzene rings is 2. The molecule has 218 valence electrons. The van der Waals surface area contributed by atoms with Crippen molar-refractivity contribution in [2.75, 3.05) is 12.8 Å². The van der Waals surface area contributed by atoms with E-state index in [2.05, 4.69) is 15.6 Å². The third-order valence-electron chi connectivity index (χ3n) is 9.68. The van der Waals surface area contributed by atoms with Crippen LogP contribution in [0.3, 0.4) is 0 Å². The Bertz CT molecular complexity index is 1460. The number of rotatable bonds is 10. The summed E-state index contributed by atoms with van der Waals surface area (Å²) in [5.41, 5.74) is 9.50. The number of nitrogens with one attached hydrogen (secondary N) is 1. The average molecular weight is 556 g/mol. The van der Waals surface area contributed by atoms with E-state index < -0.39 is 0 Å². The fourth-order valence-corrected chi connectivity index (χ4v) is 7.26. The minimum atomic E-state index is 0.119. The fraction of sp³-hybridized carbons (Fsp3) is 0.529. The van der Waals surface area contributed by atoms with E-state index >= 15 is 0 Å². The average Bonchev–Trinajstić information content (AvgIpc) is 3.62. The molecule has 41 heavy (non-hydrogen) atoms. The molecule has 2 fully saturated rings. The number of hydrogen-bond acceptors (Lipinski definition) is 4. The van der Waals surface area contributed by atoms with E-state index in [9.17, 15) is 4.79 Å². The molecule has 2 aromatic heterocycles. The molecule has 4 aromatic rings. The lowest BCUT2D eigenvalue weighted by Crippen LogP contribution is -2.38. The number of nitrogens with two attached hydrogens (primary N) is 1. The summed E-state index contributed by atoms with van der Waals surface area (Å²) in [6.45, 7) is 0. The summed E-state index contributed by atoms with van der Waals surface area (Å²) in [5, 5.41) is 1.05. The molecule has 2 saturated carbocycles. The predicted molar refractivity (Wildman–Crippen MR) is 166 cm³/mol. The molecule has 2 heterocycles. The SMILES string of the molecule is CN(C(=O)CCC(CCC1CCCCC1)n1c(N)nc2ccc(Oc3cccc4[nH]ccc34)cc21)C1CCCCC1. The van der Waals surface area contributed by atoms with Crippen LogP contribution >= 0.6 is 0 Å². The highest BCUT2D eigenvalue weighted by Crippen LogP contribution is 2.37. The van der Waals surface area contributed by atoms with Gasteiger partial charge in [0.25, 0.3) is 0 Å². The number of carbonyl (C=O) groups is 1. The van der Waals surface area contributed by atoms with Gasteiger partial charge in [0.1, 0.15) is 11.5 Å². The summed E-state index contributed by atoms with van der Waals surface area (Å²) in [6, 6.07) is 14.6. The van der Waals surface area contributed by atoms with Gasteiger partial charge in [0.05, 0.1) is 11.0 Å². The summed E-state index contributed by atoms with van der Waals surface area (Å²) in [4.78, 5) is 23.4. The summed E-state index contributed by atoms with van der Waals surface area (Å²) < 4.78 is 8.58. The third kappa shape index (κ3) is 6.24. The van der Waals surface area contributed by atoms with Crippen LogP contribution in [0.4, 0.5) is 5.95 Å². The Hall–Kier alpha value is -3.48. The van der Waals surface area contributed by atoms with Crippen LogP contribution in [0, 0.1) is 5.92 Å². The summed E-state index contributed by atoms with van der Waals surface area (Å²) in [6.07, 6.45) is 18.1. The molecule has 7 heteroatoms.